The number of anilines is 1. The lowest BCUT2D eigenvalue weighted by Gasteiger charge is -2.03. The van der Waals surface area contributed by atoms with Crippen LogP contribution in [0.3, 0.4) is 0 Å². The van der Waals surface area contributed by atoms with Crippen LogP contribution in [0.15, 0.2) is 18.5 Å². The minimum atomic E-state index is 0.621. The molecule has 0 aromatic carbocycles. The third-order valence-corrected chi connectivity index (χ3v) is 1.51. The largest absolute Gasteiger partial charge is 0.403 e. The lowest BCUT2D eigenvalue weighted by atomic mass is 10.2. The van der Waals surface area contributed by atoms with Crippen molar-refractivity contribution < 1.29 is 0 Å². The maximum Gasteiger partial charge on any atom is 0.110 e. The summed E-state index contributed by atoms with van der Waals surface area (Å²) in [5.74, 6) is 0.621. The molecule has 0 spiro atoms. The molecule has 0 aliphatic carbocycles. The number of hydrogen-bond acceptors (Lipinski definition) is 3. The summed E-state index contributed by atoms with van der Waals surface area (Å²) < 4.78 is 0. The fourth-order valence-electron chi connectivity index (χ4n) is 0.925. The summed E-state index contributed by atoms with van der Waals surface area (Å²) in [6.45, 7) is 0. The van der Waals surface area contributed by atoms with E-state index in [-0.39, 0.29) is 0 Å². The van der Waals surface area contributed by atoms with Gasteiger partial charge in [0.1, 0.15) is 5.82 Å². The number of aromatic nitrogens is 1. The van der Waals surface area contributed by atoms with Crippen LogP contribution in [0.25, 0.3) is 5.70 Å². The molecule has 0 radical (unpaired) electrons. The molecule has 0 saturated heterocycles. The zero-order chi connectivity index (χ0) is 8.27. The maximum atomic E-state index is 5.60. The maximum absolute atomic E-state index is 5.60. The fourth-order valence-corrected chi connectivity index (χ4v) is 0.925. The van der Waals surface area contributed by atoms with Crippen molar-refractivity contribution in [2.24, 2.45) is 5.73 Å². The van der Waals surface area contributed by atoms with Gasteiger partial charge in [-0.2, -0.15) is 0 Å². The highest BCUT2D eigenvalue weighted by molar-refractivity contribution is 5.71. The second-order valence-electron chi connectivity index (χ2n) is 2.14. The zero-order valence-corrected chi connectivity index (χ0v) is 6.39. The summed E-state index contributed by atoms with van der Waals surface area (Å²) >= 11 is 0. The Balaban J connectivity index is 3.00. The molecule has 0 unspecified atom stereocenters. The molecule has 0 atom stereocenters. The summed E-state index contributed by atoms with van der Waals surface area (Å²) in [7, 11) is 1.80. The highest BCUT2D eigenvalue weighted by atomic mass is 14.9. The summed E-state index contributed by atoms with van der Waals surface area (Å²) in [6.07, 6.45) is 3.26. The van der Waals surface area contributed by atoms with E-state index in [0.717, 1.165) is 11.3 Å². The van der Waals surface area contributed by atoms with Gasteiger partial charge in [-0.05, 0) is 6.07 Å². The van der Waals surface area contributed by atoms with Crippen LogP contribution in [0.5, 0.6) is 0 Å². The third kappa shape index (κ3) is 1.29. The molecular weight excluding hydrogens is 140 g/mol. The average molecular weight is 152 g/mol. The van der Waals surface area contributed by atoms with E-state index in [4.69, 9.17) is 11.5 Å². The first kappa shape index (κ1) is 7.53. The third-order valence-electron chi connectivity index (χ3n) is 1.51. The summed E-state index contributed by atoms with van der Waals surface area (Å²) in [4.78, 5) is 2.86. The Labute approximate surface area is 65.3 Å². The predicted octanol–water partition coefficient (Wildman–Crippen LogP) is 0.0734. The van der Waals surface area contributed by atoms with E-state index < -0.39 is 0 Å². The standard InChI is InChI=1S/C7H12N4/c1-10-6(4-8)5-2-3-11-7(5)9/h2-4,10-11H,8-9H2,1H3/b6-4+. The lowest BCUT2D eigenvalue weighted by molar-refractivity contribution is 1.12. The Morgan fingerprint density at radius 2 is 2.45 bits per heavy atom. The summed E-state index contributed by atoms with van der Waals surface area (Å²) in [5.41, 5.74) is 12.7. The topological polar surface area (TPSA) is 79.9 Å². The van der Waals surface area contributed by atoms with Crippen LogP contribution in [0, 0.1) is 0 Å². The van der Waals surface area contributed by atoms with E-state index in [2.05, 4.69) is 10.3 Å². The monoisotopic (exact) mass is 152 g/mol. The van der Waals surface area contributed by atoms with E-state index in [1.807, 2.05) is 6.07 Å². The lowest BCUT2D eigenvalue weighted by Crippen LogP contribution is -2.07. The first-order valence-electron chi connectivity index (χ1n) is 3.32. The van der Waals surface area contributed by atoms with E-state index in [1.165, 1.54) is 6.20 Å². The minimum absolute atomic E-state index is 0.621. The van der Waals surface area contributed by atoms with Gasteiger partial charge in [0.15, 0.2) is 0 Å². The van der Waals surface area contributed by atoms with E-state index in [0.29, 0.717) is 5.82 Å². The van der Waals surface area contributed by atoms with Gasteiger partial charge in [-0.3, -0.25) is 0 Å². The Morgan fingerprint density at radius 3 is 2.82 bits per heavy atom. The van der Waals surface area contributed by atoms with E-state index in [1.54, 1.807) is 13.2 Å². The Hall–Kier alpha value is -1.58. The van der Waals surface area contributed by atoms with E-state index in [9.17, 15) is 0 Å². The van der Waals surface area contributed by atoms with Crippen LogP contribution in [0.1, 0.15) is 5.56 Å². The van der Waals surface area contributed by atoms with Gasteiger partial charge in [0, 0.05) is 25.0 Å². The second-order valence-corrected chi connectivity index (χ2v) is 2.14. The van der Waals surface area contributed by atoms with Crippen LogP contribution in [0.2, 0.25) is 0 Å². The molecule has 4 nitrogen and oxygen atoms in total. The van der Waals surface area contributed by atoms with Gasteiger partial charge < -0.3 is 21.8 Å². The molecule has 4 heteroatoms. The molecule has 6 N–H and O–H groups in total. The van der Waals surface area contributed by atoms with Crippen LogP contribution in [-0.4, -0.2) is 12.0 Å². The van der Waals surface area contributed by atoms with Crippen LogP contribution in [-0.2, 0) is 0 Å². The Morgan fingerprint density at radius 1 is 1.73 bits per heavy atom. The molecule has 1 rings (SSSR count). The van der Waals surface area contributed by atoms with Crippen molar-refractivity contribution in [2.75, 3.05) is 12.8 Å². The smallest absolute Gasteiger partial charge is 0.110 e. The molecule has 1 aromatic heterocycles. The van der Waals surface area contributed by atoms with Gasteiger partial charge in [0.25, 0.3) is 0 Å². The molecule has 0 saturated carbocycles. The van der Waals surface area contributed by atoms with Gasteiger partial charge in [0.05, 0.1) is 5.70 Å². The number of nitrogens with two attached hydrogens (primary N) is 2. The number of rotatable bonds is 2. The number of hydrogen-bond donors (Lipinski definition) is 4. The fraction of sp³-hybridized carbons (Fsp3) is 0.143. The van der Waals surface area contributed by atoms with Crippen molar-refractivity contribution in [1.29, 1.82) is 0 Å². The van der Waals surface area contributed by atoms with Gasteiger partial charge in [-0.1, -0.05) is 0 Å². The molecule has 0 aliphatic rings. The second kappa shape index (κ2) is 3.01. The quantitative estimate of drug-likeness (QED) is 0.484. The highest BCUT2D eigenvalue weighted by Gasteiger charge is 2.02. The summed E-state index contributed by atoms with van der Waals surface area (Å²) in [6, 6.07) is 1.87. The number of nitrogens with one attached hydrogen (secondary N) is 2. The van der Waals surface area contributed by atoms with Gasteiger partial charge >= 0.3 is 0 Å². The van der Waals surface area contributed by atoms with Crippen molar-refractivity contribution >= 4 is 11.5 Å². The summed E-state index contributed by atoms with van der Waals surface area (Å²) in [5, 5.41) is 2.93. The normalized spacial score (nSPS) is 11.5. The molecular formula is C7H12N4. The van der Waals surface area contributed by atoms with Gasteiger partial charge in [-0.25, -0.2) is 0 Å². The van der Waals surface area contributed by atoms with Crippen LogP contribution >= 0.6 is 0 Å². The van der Waals surface area contributed by atoms with Crippen molar-refractivity contribution in [3.63, 3.8) is 0 Å². The molecule has 0 amide bonds. The van der Waals surface area contributed by atoms with Crippen LogP contribution < -0.4 is 16.8 Å². The minimum Gasteiger partial charge on any atom is -0.403 e. The Bertz CT molecular complexity index is 261. The number of H-pyrrole nitrogens is 1. The first-order valence-corrected chi connectivity index (χ1v) is 3.32. The van der Waals surface area contributed by atoms with Crippen molar-refractivity contribution in [3.8, 4) is 0 Å². The van der Waals surface area contributed by atoms with Gasteiger partial charge in [0.2, 0.25) is 0 Å². The number of nitrogen functional groups attached to an aromatic ring is 1. The van der Waals surface area contributed by atoms with Crippen LogP contribution in [0.4, 0.5) is 5.82 Å². The average Bonchev–Trinajstić information content (AvgIpc) is 2.40. The van der Waals surface area contributed by atoms with E-state index >= 15 is 0 Å². The molecule has 1 heterocycles. The van der Waals surface area contributed by atoms with Crippen molar-refractivity contribution in [2.45, 2.75) is 0 Å². The van der Waals surface area contributed by atoms with Crippen molar-refractivity contribution in [3.05, 3.63) is 24.0 Å². The van der Waals surface area contributed by atoms with Crippen molar-refractivity contribution in [1.82, 2.24) is 10.3 Å². The molecule has 60 valence electrons. The van der Waals surface area contributed by atoms with Gasteiger partial charge in [-0.15, -0.1) is 0 Å². The SMILES string of the molecule is CN/C(=C/N)c1cc[nH]c1N. The number of aromatic amines is 1. The first-order chi connectivity index (χ1) is 5.29. The molecule has 0 bridgehead atoms. The molecule has 11 heavy (non-hydrogen) atoms. The molecule has 0 fully saturated rings. The predicted molar refractivity (Wildman–Crippen MR) is 46.4 cm³/mol. The molecule has 1 aromatic rings. The zero-order valence-electron chi connectivity index (χ0n) is 6.39. The molecule has 0 aliphatic heterocycles. The highest BCUT2D eigenvalue weighted by Crippen LogP contribution is 2.15. The Kier molecular flexibility index (Phi) is 2.06.